The smallest absolute Gasteiger partial charge is 0.270 e. The zero-order valence-corrected chi connectivity index (χ0v) is 13.0. The van der Waals surface area contributed by atoms with Crippen LogP contribution in [0.2, 0.25) is 0 Å². The van der Waals surface area contributed by atoms with Gasteiger partial charge >= 0.3 is 0 Å². The summed E-state index contributed by atoms with van der Waals surface area (Å²) < 4.78 is 0. The van der Waals surface area contributed by atoms with Crippen LogP contribution in [0.3, 0.4) is 0 Å². The largest absolute Gasteiger partial charge is 0.347 e. The van der Waals surface area contributed by atoms with Gasteiger partial charge in [-0.2, -0.15) is 0 Å². The predicted octanol–water partition coefficient (Wildman–Crippen LogP) is 2.20. The van der Waals surface area contributed by atoms with E-state index in [0.29, 0.717) is 5.56 Å². The summed E-state index contributed by atoms with van der Waals surface area (Å²) in [4.78, 5) is 22.7. The Kier molecular flexibility index (Phi) is 5.69. The molecule has 0 aliphatic carbocycles. The summed E-state index contributed by atoms with van der Waals surface area (Å²) in [6.07, 6.45) is 1.71. The molecule has 116 valence electrons. The number of amides is 1. The molecule has 1 aliphatic rings. The quantitative estimate of drug-likeness (QED) is 0.662. The molecule has 21 heavy (non-hydrogen) atoms. The Labute approximate surface area is 129 Å². The zero-order chi connectivity index (χ0) is 14.8. The van der Waals surface area contributed by atoms with Crippen LogP contribution in [0.15, 0.2) is 18.2 Å². The number of nitrogens with one attached hydrogen (secondary N) is 2. The number of nitro benzene ring substituents is 1. The van der Waals surface area contributed by atoms with Crippen LogP contribution in [0.5, 0.6) is 0 Å². The van der Waals surface area contributed by atoms with Crippen LogP contribution in [-0.2, 0) is 0 Å². The maximum Gasteiger partial charge on any atom is 0.270 e. The average Bonchev–Trinajstić information content (AvgIpc) is 2.39. The molecule has 0 unspecified atom stereocenters. The van der Waals surface area contributed by atoms with Crippen molar-refractivity contribution in [2.75, 3.05) is 13.1 Å². The highest BCUT2D eigenvalue weighted by Gasteiger charge is 2.29. The van der Waals surface area contributed by atoms with Gasteiger partial charge in [0.2, 0.25) is 0 Å². The number of aryl methyl sites for hydroxylation is 1. The van der Waals surface area contributed by atoms with Crippen LogP contribution in [0, 0.1) is 17.0 Å². The van der Waals surface area contributed by atoms with Crippen LogP contribution in [-0.4, -0.2) is 29.5 Å². The standard InChI is InChI=1S/C14H19N3O3.ClH/c1-10-3-4-11(17(19)20)9-12(10)13(18)16-14(2)5-7-15-8-6-14;/h3-4,9,15H,5-8H2,1-2H3,(H,16,18);1H. The molecule has 2 rings (SSSR count). The molecule has 0 radical (unpaired) electrons. The number of carbonyl (C=O) groups excluding carboxylic acids is 1. The lowest BCUT2D eigenvalue weighted by atomic mass is 9.90. The normalized spacial score (nSPS) is 16.7. The van der Waals surface area contributed by atoms with E-state index in [1.54, 1.807) is 13.0 Å². The van der Waals surface area contributed by atoms with Gasteiger partial charge in [-0.15, -0.1) is 12.4 Å². The van der Waals surface area contributed by atoms with Crippen LogP contribution in [0.4, 0.5) is 5.69 Å². The Hall–Kier alpha value is -1.66. The van der Waals surface area contributed by atoms with Gasteiger partial charge in [-0.25, -0.2) is 0 Å². The lowest BCUT2D eigenvalue weighted by Crippen LogP contribution is -2.52. The van der Waals surface area contributed by atoms with Crippen LogP contribution < -0.4 is 10.6 Å². The topological polar surface area (TPSA) is 84.3 Å². The van der Waals surface area contributed by atoms with Crippen molar-refractivity contribution in [2.45, 2.75) is 32.2 Å². The van der Waals surface area contributed by atoms with E-state index < -0.39 is 4.92 Å². The van der Waals surface area contributed by atoms with E-state index in [-0.39, 0.29) is 29.5 Å². The molecule has 0 atom stereocenters. The van der Waals surface area contributed by atoms with E-state index in [0.717, 1.165) is 31.5 Å². The van der Waals surface area contributed by atoms with Gasteiger partial charge < -0.3 is 10.6 Å². The minimum atomic E-state index is -0.484. The van der Waals surface area contributed by atoms with Gasteiger partial charge in [-0.05, 0) is 45.3 Å². The van der Waals surface area contributed by atoms with Gasteiger partial charge in [-0.1, -0.05) is 6.07 Å². The van der Waals surface area contributed by atoms with Crippen molar-refractivity contribution in [3.8, 4) is 0 Å². The molecular formula is C14H20ClN3O3. The fourth-order valence-corrected chi connectivity index (χ4v) is 2.41. The third kappa shape index (κ3) is 4.15. The van der Waals surface area contributed by atoms with Crippen molar-refractivity contribution in [1.29, 1.82) is 0 Å². The SMILES string of the molecule is Cc1ccc([N+](=O)[O-])cc1C(=O)NC1(C)CCNCC1.Cl. The van der Waals surface area contributed by atoms with E-state index in [9.17, 15) is 14.9 Å². The molecule has 1 aromatic carbocycles. The van der Waals surface area contributed by atoms with Crippen LogP contribution in [0.25, 0.3) is 0 Å². The van der Waals surface area contributed by atoms with Crippen molar-refractivity contribution < 1.29 is 9.72 Å². The maximum absolute atomic E-state index is 12.4. The molecule has 6 nitrogen and oxygen atoms in total. The molecule has 1 aliphatic heterocycles. The number of benzene rings is 1. The molecule has 1 saturated heterocycles. The van der Waals surface area contributed by atoms with Crippen molar-refractivity contribution in [3.05, 3.63) is 39.4 Å². The first-order valence-corrected chi connectivity index (χ1v) is 6.70. The fraction of sp³-hybridized carbons (Fsp3) is 0.500. The van der Waals surface area contributed by atoms with E-state index in [1.165, 1.54) is 12.1 Å². The number of halogens is 1. The monoisotopic (exact) mass is 313 g/mol. The molecule has 1 fully saturated rings. The minimum Gasteiger partial charge on any atom is -0.347 e. The number of hydrogen-bond acceptors (Lipinski definition) is 4. The molecular weight excluding hydrogens is 294 g/mol. The Morgan fingerprint density at radius 2 is 2.00 bits per heavy atom. The Morgan fingerprint density at radius 3 is 2.57 bits per heavy atom. The van der Waals surface area contributed by atoms with Crippen molar-refractivity contribution >= 4 is 24.0 Å². The van der Waals surface area contributed by atoms with Gasteiger partial charge in [-0.3, -0.25) is 14.9 Å². The van der Waals surface area contributed by atoms with Gasteiger partial charge in [0.1, 0.15) is 0 Å². The third-order valence-electron chi connectivity index (χ3n) is 3.80. The predicted molar refractivity (Wildman–Crippen MR) is 83.1 cm³/mol. The maximum atomic E-state index is 12.4. The highest BCUT2D eigenvalue weighted by atomic mass is 35.5. The lowest BCUT2D eigenvalue weighted by molar-refractivity contribution is -0.384. The number of piperidine rings is 1. The summed E-state index contributed by atoms with van der Waals surface area (Å²) in [5.74, 6) is -0.240. The van der Waals surface area contributed by atoms with E-state index >= 15 is 0 Å². The Bertz CT molecular complexity index is 542. The summed E-state index contributed by atoms with van der Waals surface area (Å²) >= 11 is 0. The zero-order valence-electron chi connectivity index (χ0n) is 12.1. The molecule has 1 amide bonds. The summed E-state index contributed by atoms with van der Waals surface area (Å²) in [6, 6.07) is 4.37. The summed E-state index contributed by atoms with van der Waals surface area (Å²) in [6.45, 7) is 5.53. The second kappa shape index (κ2) is 6.87. The molecule has 0 aromatic heterocycles. The number of rotatable bonds is 3. The molecule has 0 bridgehead atoms. The van der Waals surface area contributed by atoms with Crippen molar-refractivity contribution in [1.82, 2.24) is 10.6 Å². The molecule has 2 N–H and O–H groups in total. The second-order valence-corrected chi connectivity index (χ2v) is 5.52. The molecule has 1 heterocycles. The molecule has 0 spiro atoms. The van der Waals surface area contributed by atoms with Gasteiger partial charge in [0.15, 0.2) is 0 Å². The number of carbonyl (C=O) groups is 1. The Morgan fingerprint density at radius 1 is 1.38 bits per heavy atom. The van der Waals surface area contributed by atoms with Gasteiger partial charge in [0.25, 0.3) is 11.6 Å². The van der Waals surface area contributed by atoms with E-state index in [2.05, 4.69) is 10.6 Å². The molecule has 1 aromatic rings. The van der Waals surface area contributed by atoms with Gasteiger partial charge in [0, 0.05) is 23.2 Å². The number of nitrogens with zero attached hydrogens (tertiary/aromatic N) is 1. The first-order chi connectivity index (χ1) is 9.41. The first kappa shape index (κ1) is 17.4. The third-order valence-corrected chi connectivity index (χ3v) is 3.80. The molecule has 7 heteroatoms. The van der Waals surface area contributed by atoms with Crippen molar-refractivity contribution in [2.24, 2.45) is 0 Å². The van der Waals surface area contributed by atoms with Crippen LogP contribution in [0.1, 0.15) is 35.7 Å². The summed E-state index contributed by atoms with van der Waals surface area (Å²) in [5, 5.41) is 17.1. The van der Waals surface area contributed by atoms with Gasteiger partial charge in [0.05, 0.1) is 4.92 Å². The number of hydrogen-bond donors (Lipinski definition) is 2. The lowest BCUT2D eigenvalue weighted by Gasteiger charge is -2.35. The highest BCUT2D eigenvalue weighted by molar-refractivity contribution is 5.96. The summed E-state index contributed by atoms with van der Waals surface area (Å²) in [5.41, 5.74) is 0.806. The second-order valence-electron chi connectivity index (χ2n) is 5.52. The van der Waals surface area contributed by atoms with E-state index in [4.69, 9.17) is 0 Å². The van der Waals surface area contributed by atoms with E-state index in [1.807, 2.05) is 6.92 Å². The minimum absolute atomic E-state index is 0. The fourth-order valence-electron chi connectivity index (χ4n) is 2.41. The highest BCUT2D eigenvalue weighted by Crippen LogP contribution is 2.21. The molecule has 0 saturated carbocycles. The number of non-ortho nitro benzene ring substituents is 1. The van der Waals surface area contributed by atoms with Crippen molar-refractivity contribution in [3.63, 3.8) is 0 Å². The Balaban J connectivity index is 0.00000220. The first-order valence-electron chi connectivity index (χ1n) is 6.70. The summed E-state index contributed by atoms with van der Waals surface area (Å²) in [7, 11) is 0. The average molecular weight is 314 g/mol. The number of nitro groups is 1. The van der Waals surface area contributed by atoms with Crippen LogP contribution >= 0.6 is 12.4 Å².